The Labute approximate surface area is 140 Å². The lowest BCUT2D eigenvalue weighted by Crippen LogP contribution is -2.40. The number of hydrogen-bond donors (Lipinski definition) is 3. The van der Waals surface area contributed by atoms with Crippen molar-refractivity contribution in [1.29, 1.82) is 0 Å². The van der Waals surface area contributed by atoms with Crippen molar-refractivity contribution in [3.8, 4) is 0 Å². The number of halogens is 3. The predicted molar refractivity (Wildman–Crippen MR) is 87.0 cm³/mol. The standard InChI is InChI=1S/C17H25F3N4/c18-17(19,20)15-3-1-13(2-4-15)16-14(10-22-23-16)11-24-7-5-12(9-21)6-8-24/h1-4,12,14,16,22-23H,5-11,21H2. The second-order valence-corrected chi connectivity index (χ2v) is 6.86. The molecule has 0 spiro atoms. The fourth-order valence-corrected chi connectivity index (χ4v) is 3.68. The molecule has 0 aromatic heterocycles. The molecule has 1 aromatic carbocycles. The number of nitrogens with two attached hydrogens (primary N) is 1. The Morgan fingerprint density at radius 1 is 1.12 bits per heavy atom. The van der Waals surface area contributed by atoms with E-state index in [4.69, 9.17) is 5.73 Å². The van der Waals surface area contributed by atoms with Gasteiger partial charge >= 0.3 is 6.18 Å². The second kappa shape index (κ2) is 7.39. The van der Waals surface area contributed by atoms with Crippen molar-refractivity contribution >= 4 is 0 Å². The molecule has 2 unspecified atom stereocenters. The first-order chi connectivity index (χ1) is 11.5. The topological polar surface area (TPSA) is 53.3 Å². The highest BCUT2D eigenvalue weighted by atomic mass is 19.4. The Kier molecular flexibility index (Phi) is 5.44. The molecule has 3 rings (SSSR count). The zero-order chi connectivity index (χ0) is 17.2. The quantitative estimate of drug-likeness (QED) is 0.785. The first-order valence-corrected chi connectivity index (χ1v) is 8.55. The highest BCUT2D eigenvalue weighted by Gasteiger charge is 2.33. The summed E-state index contributed by atoms with van der Waals surface area (Å²) in [7, 11) is 0. The van der Waals surface area contributed by atoms with Crippen LogP contribution in [0.1, 0.15) is 30.0 Å². The molecule has 0 bridgehead atoms. The van der Waals surface area contributed by atoms with Crippen molar-refractivity contribution in [2.75, 3.05) is 32.7 Å². The third kappa shape index (κ3) is 4.08. The summed E-state index contributed by atoms with van der Waals surface area (Å²) in [5.41, 5.74) is 12.4. The van der Waals surface area contributed by atoms with E-state index in [1.807, 2.05) is 0 Å². The lowest BCUT2D eigenvalue weighted by molar-refractivity contribution is -0.137. The molecule has 0 aliphatic carbocycles. The van der Waals surface area contributed by atoms with Crippen molar-refractivity contribution in [2.24, 2.45) is 17.6 Å². The van der Waals surface area contributed by atoms with E-state index in [2.05, 4.69) is 15.8 Å². The van der Waals surface area contributed by atoms with Gasteiger partial charge in [0.2, 0.25) is 0 Å². The highest BCUT2D eigenvalue weighted by molar-refractivity contribution is 5.27. The maximum atomic E-state index is 12.7. The number of nitrogens with one attached hydrogen (secondary N) is 2. The third-order valence-corrected chi connectivity index (χ3v) is 5.22. The smallest absolute Gasteiger partial charge is 0.330 e. The molecule has 2 atom stereocenters. The summed E-state index contributed by atoms with van der Waals surface area (Å²) in [5, 5.41) is 0. The summed E-state index contributed by atoms with van der Waals surface area (Å²) in [5.74, 6) is 0.975. The van der Waals surface area contributed by atoms with Crippen LogP contribution in [0.25, 0.3) is 0 Å². The van der Waals surface area contributed by atoms with Crippen molar-refractivity contribution in [3.05, 3.63) is 35.4 Å². The van der Waals surface area contributed by atoms with Gasteiger partial charge in [-0.1, -0.05) is 12.1 Å². The maximum absolute atomic E-state index is 12.7. The summed E-state index contributed by atoms with van der Waals surface area (Å²) in [6.07, 6.45) is -2.02. The molecule has 24 heavy (non-hydrogen) atoms. The van der Waals surface area contributed by atoms with Crippen LogP contribution in [-0.2, 0) is 6.18 Å². The number of benzene rings is 1. The van der Waals surface area contributed by atoms with Crippen LogP contribution in [-0.4, -0.2) is 37.6 Å². The first kappa shape index (κ1) is 17.7. The summed E-state index contributed by atoms with van der Waals surface area (Å²) in [4.78, 5) is 2.45. The van der Waals surface area contributed by atoms with Crippen LogP contribution in [0, 0.1) is 11.8 Å². The second-order valence-electron chi connectivity index (χ2n) is 6.86. The van der Waals surface area contributed by atoms with Crippen LogP contribution in [0.3, 0.4) is 0 Å². The van der Waals surface area contributed by atoms with Gasteiger partial charge in [-0.25, -0.2) is 5.43 Å². The van der Waals surface area contributed by atoms with E-state index in [0.29, 0.717) is 11.8 Å². The Morgan fingerprint density at radius 2 is 1.79 bits per heavy atom. The van der Waals surface area contributed by atoms with E-state index in [9.17, 15) is 13.2 Å². The number of rotatable bonds is 4. The molecule has 0 amide bonds. The van der Waals surface area contributed by atoms with Gasteiger partial charge in [-0.3, -0.25) is 5.43 Å². The summed E-state index contributed by atoms with van der Waals surface area (Å²) in [6.45, 7) is 4.64. The van der Waals surface area contributed by atoms with Gasteiger partial charge in [0.15, 0.2) is 0 Å². The van der Waals surface area contributed by atoms with Crippen molar-refractivity contribution in [1.82, 2.24) is 15.8 Å². The lowest BCUT2D eigenvalue weighted by atomic mass is 9.91. The number of alkyl halides is 3. The Balaban J connectivity index is 1.61. The first-order valence-electron chi connectivity index (χ1n) is 8.55. The molecule has 2 fully saturated rings. The minimum Gasteiger partial charge on any atom is -0.330 e. The van der Waals surface area contributed by atoms with Crippen molar-refractivity contribution < 1.29 is 13.2 Å². The summed E-state index contributed by atoms with van der Waals surface area (Å²) in [6, 6.07) is 5.54. The molecule has 7 heteroatoms. The Hall–Kier alpha value is -1.15. The molecule has 4 nitrogen and oxygen atoms in total. The van der Waals surface area contributed by atoms with Crippen molar-refractivity contribution in [2.45, 2.75) is 25.1 Å². The van der Waals surface area contributed by atoms with Gasteiger partial charge in [0.25, 0.3) is 0 Å². The molecule has 2 aliphatic rings. The molecule has 2 heterocycles. The van der Waals surface area contributed by atoms with Gasteiger partial charge in [0, 0.05) is 19.0 Å². The average Bonchev–Trinajstić information content (AvgIpc) is 3.03. The lowest BCUT2D eigenvalue weighted by Gasteiger charge is -2.34. The molecule has 0 saturated carbocycles. The van der Waals surface area contributed by atoms with Crippen LogP contribution >= 0.6 is 0 Å². The van der Waals surface area contributed by atoms with Gasteiger partial charge in [-0.05, 0) is 56.1 Å². The van der Waals surface area contributed by atoms with Crippen molar-refractivity contribution in [3.63, 3.8) is 0 Å². The molecule has 134 valence electrons. The zero-order valence-corrected chi connectivity index (χ0v) is 13.6. The van der Waals surface area contributed by atoms with E-state index >= 15 is 0 Å². The summed E-state index contributed by atoms with van der Waals surface area (Å²) >= 11 is 0. The van der Waals surface area contributed by atoms with Crippen LogP contribution < -0.4 is 16.6 Å². The average molecular weight is 342 g/mol. The SMILES string of the molecule is NCC1CCN(CC2CNNC2c2ccc(C(F)(F)F)cc2)CC1. The molecule has 2 aliphatic heterocycles. The predicted octanol–water partition coefficient (Wildman–Crippen LogP) is 2.14. The van der Waals surface area contributed by atoms with E-state index < -0.39 is 11.7 Å². The number of likely N-dealkylation sites (tertiary alicyclic amines) is 1. The molecule has 1 aromatic rings. The monoisotopic (exact) mass is 342 g/mol. The number of nitrogens with zero attached hydrogens (tertiary/aromatic N) is 1. The minimum absolute atomic E-state index is 0.0412. The van der Waals surface area contributed by atoms with Gasteiger partial charge in [0.1, 0.15) is 0 Å². The van der Waals surface area contributed by atoms with Gasteiger partial charge < -0.3 is 10.6 Å². The van der Waals surface area contributed by atoms with E-state index in [-0.39, 0.29) is 6.04 Å². The largest absolute Gasteiger partial charge is 0.416 e. The number of piperidine rings is 1. The fourth-order valence-electron chi connectivity index (χ4n) is 3.68. The highest BCUT2D eigenvalue weighted by Crippen LogP contribution is 2.32. The van der Waals surface area contributed by atoms with E-state index in [0.717, 1.165) is 51.1 Å². The van der Waals surface area contributed by atoms with Crippen LogP contribution in [0.4, 0.5) is 13.2 Å². The molecule has 4 N–H and O–H groups in total. The Morgan fingerprint density at radius 3 is 2.38 bits per heavy atom. The number of hydrazine groups is 1. The minimum atomic E-state index is -4.29. The maximum Gasteiger partial charge on any atom is 0.416 e. The molecular weight excluding hydrogens is 317 g/mol. The van der Waals surface area contributed by atoms with E-state index in [1.54, 1.807) is 12.1 Å². The van der Waals surface area contributed by atoms with Gasteiger partial charge in [0.05, 0.1) is 11.6 Å². The normalized spacial score (nSPS) is 26.8. The number of hydrogen-bond acceptors (Lipinski definition) is 4. The van der Waals surface area contributed by atoms with Crippen LogP contribution in [0.2, 0.25) is 0 Å². The van der Waals surface area contributed by atoms with E-state index in [1.165, 1.54) is 12.1 Å². The fraction of sp³-hybridized carbons (Fsp3) is 0.647. The van der Waals surface area contributed by atoms with Gasteiger partial charge in [-0.2, -0.15) is 13.2 Å². The van der Waals surface area contributed by atoms with Crippen LogP contribution in [0.5, 0.6) is 0 Å². The third-order valence-electron chi connectivity index (χ3n) is 5.22. The van der Waals surface area contributed by atoms with Crippen LogP contribution in [0.15, 0.2) is 24.3 Å². The Bertz CT molecular complexity index is 524. The molecule has 2 saturated heterocycles. The molecular formula is C17H25F3N4. The zero-order valence-electron chi connectivity index (χ0n) is 13.6. The summed E-state index contributed by atoms with van der Waals surface area (Å²) < 4.78 is 38.1. The molecule has 0 radical (unpaired) electrons. The van der Waals surface area contributed by atoms with Gasteiger partial charge in [-0.15, -0.1) is 0 Å².